The zero-order valence-corrected chi connectivity index (χ0v) is 13.2. The summed E-state index contributed by atoms with van der Waals surface area (Å²) < 4.78 is 5.90. The smallest absolute Gasteiger partial charge is 0.313 e. The maximum atomic E-state index is 12.1. The largest absolute Gasteiger partial charge is 0.550 e. The molecule has 0 saturated carbocycles. The van der Waals surface area contributed by atoms with Gasteiger partial charge in [-0.15, -0.1) is 0 Å². The van der Waals surface area contributed by atoms with Crippen molar-refractivity contribution in [2.75, 3.05) is 27.7 Å². The zero-order chi connectivity index (χ0) is 15.8. The lowest BCUT2D eigenvalue weighted by Gasteiger charge is -2.29. The number of hydrogen-bond acceptors (Lipinski definition) is 4. The third-order valence-electron chi connectivity index (χ3n) is 2.76. The van der Waals surface area contributed by atoms with Gasteiger partial charge in [-0.3, -0.25) is 4.79 Å². The van der Waals surface area contributed by atoms with Gasteiger partial charge >= 0.3 is 5.97 Å². The molecule has 20 heavy (non-hydrogen) atoms. The molecule has 0 bridgehead atoms. The Kier molecular flexibility index (Phi) is 8.15. The molecule has 0 aliphatic carbocycles. The van der Waals surface area contributed by atoms with E-state index in [2.05, 4.69) is 0 Å². The highest BCUT2D eigenvalue weighted by Crippen LogP contribution is 2.14. The summed E-state index contributed by atoms with van der Waals surface area (Å²) in [5.41, 5.74) is 0. The van der Waals surface area contributed by atoms with Crippen molar-refractivity contribution in [3.8, 4) is 0 Å². The molecule has 0 N–H and O–H groups in total. The first kappa shape index (κ1) is 18.6. The van der Waals surface area contributed by atoms with Crippen LogP contribution in [-0.4, -0.2) is 50.2 Å². The average Bonchev–Trinajstić information content (AvgIpc) is 2.25. The summed E-state index contributed by atoms with van der Waals surface area (Å²) in [5.74, 6) is -1.86. The van der Waals surface area contributed by atoms with Crippen molar-refractivity contribution < 1.29 is 23.9 Å². The molecule has 0 saturated heterocycles. The van der Waals surface area contributed by atoms with E-state index in [-0.39, 0.29) is 18.3 Å². The summed E-state index contributed by atoms with van der Waals surface area (Å²) in [5, 5.41) is 10.8. The molecule has 0 fully saturated rings. The second-order valence-electron chi connectivity index (χ2n) is 6.03. The molecule has 0 amide bonds. The monoisotopic (exact) mass is 285 g/mol. The van der Waals surface area contributed by atoms with E-state index in [9.17, 15) is 14.7 Å². The van der Waals surface area contributed by atoms with E-state index < -0.39 is 12.1 Å². The maximum absolute atomic E-state index is 12.1. The zero-order valence-electron chi connectivity index (χ0n) is 13.2. The Morgan fingerprint density at radius 3 is 2.30 bits per heavy atom. The van der Waals surface area contributed by atoms with Gasteiger partial charge in [0.15, 0.2) is 6.10 Å². The number of carbonyl (C=O) groups is 2. The molecule has 0 spiro atoms. The van der Waals surface area contributed by atoms with E-state index >= 15 is 0 Å². The molecular formula is C15H27NO4. The van der Waals surface area contributed by atoms with Gasteiger partial charge in [-0.2, -0.15) is 0 Å². The van der Waals surface area contributed by atoms with Gasteiger partial charge in [-0.1, -0.05) is 25.5 Å². The summed E-state index contributed by atoms with van der Waals surface area (Å²) in [7, 11) is 5.77. The van der Waals surface area contributed by atoms with Gasteiger partial charge in [-0.25, -0.2) is 0 Å². The van der Waals surface area contributed by atoms with Gasteiger partial charge in [0.1, 0.15) is 6.54 Å². The molecule has 0 aromatic rings. The van der Waals surface area contributed by atoms with Gasteiger partial charge in [0.2, 0.25) is 0 Å². The molecule has 5 nitrogen and oxygen atoms in total. The molecule has 5 heteroatoms. The molecule has 2 atom stereocenters. The van der Waals surface area contributed by atoms with E-state index in [1.54, 1.807) is 6.08 Å². The van der Waals surface area contributed by atoms with E-state index in [0.29, 0.717) is 17.4 Å². The van der Waals surface area contributed by atoms with Crippen LogP contribution in [0.1, 0.15) is 33.1 Å². The summed E-state index contributed by atoms with van der Waals surface area (Å²) in [6, 6.07) is 0. The van der Waals surface area contributed by atoms with Crippen molar-refractivity contribution in [3.05, 3.63) is 12.2 Å². The predicted molar refractivity (Wildman–Crippen MR) is 75.6 cm³/mol. The molecule has 0 aromatic heterocycles. The second-order valence-corrected chi connectivity index (χ2v) is 6.03. The normalized spacial score (nSPS) is 15.1. The van der Waals surface area contributed by atoms with E-state index in [1.807, 2.05) is 41.1 Å². The minimum absolute atomic E-state index is 0.268. The fraction of sp³-hybridized carbons (Fsp3) is 0.733. The minimum atomic E-state index is -1.20. The Morgan fingerprint density at radius 2 is 1.90 bits per heavy atom. The lowest BCUT2D eigenvalue weighted by atomic mass is 10.0. The van der Waals surface area contributed by atoms with E-state index in [1.165, 1.54) is 0 Å². The van der Waals surface area contributed by atoms with Crippen molar-refractivity contribution in [2.45, 2.75) is 39.2 Å². The Morgan fingerprint density at radius 1 is 1.30 bits per heavy atom. The first-order chi connectivity index (χ1) is 9.19. The van der Waals surface area contributed by atoms with Gasteiger partial charge < -0.3 is 19.1 Å². The van der Waals surface area contributed by atoms with Crippen molar-refractivity contribution in [3.63, 3.8) is 0 Å². The summed E-state index contributed by atoms with van der Waals surface area (Å²) in [6.45, 7) is 4.28. The van der Waals surface area contributed by atoms with Crippen LogP contribution in [-0.2, 0) is 14.3 Å². The number of carboxylic acid groups (broad SMARTS) is 1. The number of nitrogens with zero attached hydrogens (tertiary/aromatic N) is 1. The number of quaternary nitrogens is 1. The van der Waals surface area contributed by atoms with Crippen LogP contribution in [0.15, 0.2) is 12.2 Å². The van der Waals surface area contributed by atoms with E-state index in [4.69, 9.17) is 4.74 Å². The van der Waals surface area contributed by atoms with Gasteiger partial charge in [0, 0.05) is 12.4 Å². The van der Waals surface area contributed by atoms with Crippen LogP contribution in [0.5, 0.6) is 0 Å². The maximum Gasteiger partial charge on any atom is 0.313 e. The van der Waals surface area contributed by atoms with Crippen LogP contribution in [0.4, 0.5) is 0 Å². The standard InChI is InChI=1S/C15H27NO4/c1-6-8-12(9-7-2)15(19)20-13(10-14(17)18)11-16(3,4)5/h6,8,12-13H,7,9-11H2,1-5H3/b8-6+. The van der Waals surface area contributed by atoms with Crippen LogP contribution >= 0.6 is 0 Å². The third kappa shape index (κ3) is 8.69. The number of carboxylic acids is 1. The highest BCUT2D eigenvalue weighted by atomic mass is 16.5. The van der Waals surface area contributed by atoms with Gasteiger partial charge in [-0.05, 0) is 13.3 Å². The topological polar surface area (TPSA) is 66.4 Å². The van der Waals surface area contributed by atoms with Crippen LogP contribution in [0.2, 0.25) is 0 Å². The first-order valence-electron chi connectivity index (χ1n) is 7.03. The molecule has 0 heterocycles. The fourth-order valence-corrected chi connectivity index (χ4v) is 2.03. The number of rotatable bonds is 9. The number of allylic oxidation sites excluding steroid dienone is 1. The minimum Gasteiger partial charge on any atom is -0.550 e. The molecule has 0 radical (unpaired) electrons. The van der Waals surface area contributed by atoms with Crippen LogP contribution in [0.3, 0.4) is 0 Å². The van der Waals surface area contributed by atoms with Crippen molar-refractivity contribution >= 4 is 11.9 Å². The number of likely N-dealkylation sites (N-methyl/N-ethyl adjacent to an activating group) is 1. The number of ether oxygens (including phenoxy) is 1. The van der Waals surface area contributed by atoms with Crippen molar-refractivity contribution in [2.24, 2.45) is 5.92 Å². The van der Waals surface area contributed by atoms with E-state index in [0.717, 1.165) is 6.42 Å². The van der Waals surface area contributed by atoms with Crippen molar-refractivity contribution in [1.29, 1.82) is 0 Å². The second kappa shape index (κ2) is 8.74. The molecule has 0 aliphatic rings. The summed E-state index contributed by atoms with van der Waals surface area (Å²) >= 11 is 0. The highest BCUT2D eigenvalue weighted by molar-refractivity contribution is 5.75. The Labute approximate surface area is 121 Å². The third-order valence-corrected chi connectivity index (χ3v) is 2.76. The highest BCUT2D eigenvalue weighted by Gasteiger charge is 2.25. The lowest BCUT2D eigenvalue weighted by molar-refractivity contribution is -0.873. The SMILES string of the molecule is C/C=C/C(CCC)C(=O)OC(CC(=O)[O-])C[N+](C)(C)C. The molecule has 2 unspecified atom stereocenters. The lowest BCUT2D eigenvalue weighted by Crippen LogP contribution is -2.45. The summed E-state index contributed by atoms with van der Waals surface area (Å²) in [6.07, 6.45) is 4.26. The number of hydrogen-bond donors (Lipinski definition) is 0. The van der Waals surface area contributed by atoms with Crippen LogP contribution < -0.4 is 5.11 Å². The molecule has 0 aliphatic heterocycles. The average molecular weight is 285 g/mol. The molecule has 116 valence electrons. The molecule has 0 rings (SSSR count). The summed E-state index contributed by atoms with van der Waals surface area (Å²) in [4.78, 5) is 22.9. The Hall–Kier alpha value is -1.36. The fourth-order valence-electron chi connectivity index (χ4n) is 2.03. The number of aliphatic carboxylic acids is 1. The Balaban J connectivity index is 4.76. The predicted octanol–water partition coefficient (Wildman–Crippen LogP) is 0.737. The van der Waals surface area contributed by atoms with Crippen LogP contribution in [0, 0.1) is 5.92 Å². The molecular weight excluding hydrogens is 258 g/mol. The first-order valence-corrected chi connectivity index (χ1v) is 7.03. The number of esters is 1. The van der Waals surface area contributed by atoms with Crippen molar-refractivity contribution in [1.82, 2.24) is 0 Å². The van der Waals surface area contributed by atoms with Gasteiger partial charge in [0.25, 0.3) is 0 Å². The molecule has 0 aromatic carbocycles. The quantitative estimate of drug-likeness (QED) is 0.356. The number of carbonyl (C=O) groups excluding carboxylic acids is 2. The van der Waals surface area contributed by atoms with Crippen LogP contribution in [0.25, 0.3) is 0 Å². The Bertz CT molecular complexity index is 344. The van der Waals surface area contributed by atoms with Gasteiger partial charge in [0.05, 0.1) is 27.1 Å².